The zero-order valence-electron chi connectivity index (χ0n) is 14.0. The maximum atomic E-state index is 5.07. The normalized spacial score (nSPS) is 12.1. The van der Waals surface area contributed by atoms with Gasteiger partial charge in [0.05, 0.1) is 12.1 Å². The second-order valence-corrected chi connectivity index (χ2v) is 5.61. The van der Waals surface area contributed by atoms with Crippen molar-refractivity contribution in [3.8, 4) is 0 Å². The van der Waals surface area contributed by atoms with E-state index in [2.05, 4.69) is 39.7 Å². The number of benzene rings is 2. The van der Waals surface area contributed by atoms with E-state index in [-0.39, 0.29) is 6.04 Å². The number of nitrogens with zero attached hydrogens (tertiary/aromatic N) is 2. The summed E-state index contributed by atoms with van der Waals surface area (Å²) in [5.74, 6) is 1.44. The molecule has 5 heteroatoms. The highest BCUT2D eigenvalue weighted by Crippen LogP contribution is 2.25. The summed E-state index contributed by atoms with van der Waals surface area (Å²) in [7, 11) is 1.68. The van der Waals surface area contributed by atoms with Gasteiger partial charge in [0.25, 0.3) is 0 Å². The minimum absolute atomic E-state index is 0.149. The highest BCUT2D eigenvalue weighted by atomic mass is 16.5. The fourth-order valence-electron chi connectivity index (χ4n) is 2.56. The lowest BCUT2D eigenvalue weighted by Gasteiger charge is -2.17. The van der Waals surface area contributed by atoms with Gasteiger partial charge in [-0.15, -0.1) is 0 Å². The number of hydrogen-bond donors (Lipinski definition) is 2. The lowest BCUT2D eigenvalue weighted by molar-refractivity contribution is 0.210. The molecule has 0 bridgehead atoms. The Labute approximate surface area is 142 Å². The van der Waals surface area contributed by atoms with Crippen LogP contribution in [-0.4, -0.2) is 30.2 Å². The smallest absolute Gasteiger partial charge is 0.225 e. The minimum atomic E-state index is 0.149. The van der Waals surface area contributed by atoms with E-state index >= 15 is 0 Å². The monoisotopic (exact) mass is 322 g/mol. The van der Waals surface area contributed by atoms with Crippen LogP contribution in [0, 0.1) is 0 Å². The molecule has 0 radical (unpaired) electrons. The lowest BCUT2D eigenvalue weighted by atomic mass is 10.1. The maximum Gasteiger partial charge on any atom is 0.225 e. The zero-order valence-corrected chi connectivity index (χ0v) is 14.0. The van der Waals surface area contributed by atoms with Crippen LogP contribution in [0.25, 0.3) is 10.9 Å². The number of aromatic nitrogens is 2. The van der Waals surface area contributed by atoms with Gasteiger partial charge < -0.3 is 15.4 Å². The Balaban J connectivity index is 1.90. The van der Waals surface area contributed by atoms with E-state index in [4.69, 9.17) is 4.74 Å². The zero-order chi connectivity index (χ0) is 16.8. The lowest BCUT2D eigenvalue weighted by Crippen LogP contribution is -2.13. The third-order valence-corrected chi connectivity index (χ3v) is 3.85. The topological polar surface area (TPSA) is 59.1 Å². The standard InChI is InChI=1S/C19H22N4O/c1-14(15-8-4-3-5-9-15)21-18-16-10-6-7-11-17(16)22-19(23-18)20-12-13-24-2/h3-11,14H,12-13H2,1-2H3,(H2,20,21,22,23)/t14-/m0/s1. The molecule has 2 N–H and O–H groups in total. The van der Waals surface area contributed by atoms with Gasteiger partial charge in [0.15, 0.2) is 0 Å². The van der Waals surface area contributed by atoms with E-state index < -0.39 is 0 Å². The van der Waals surface area contributed by atoms with Crippen LogP contribution in [0.1, 0.15) is 18.5 Å². The van der Waals surface area contributed by atoms with Crippen molar-refractivity contribution in [2.45, 2.75) is 13.0 Å². The Bertz CT molecular complexity index is 792. The van der Waals surface area contributed by atoms with Crippen LogP contribution in [0.2, 0.25) is 0 Å². The molecule has 0 aliphatic carbocycles. The van der Waals surface area contributed by atoms with Crippen molar-refractivity contribution in [1.82, 2.24) is 9.97 Å². The summed E-state index contributed by atoms with van der Waals surface area (Å²) in [6.45, 7) is 3.41. The Morgan fingerprint density at radius 2 is 1.75 bits per heavy atom. The fraction of sp³-hybridized carbons (Fsp3) is 0.263. The van der Waals surface area contributed by atoms with E-state index in [1.807, 2.05) is 42.5 Å². The van der Waals surface area contributed by atoms with E-state index in [1.54, 1.807) is 7.11 Å². The Hall–Kier alpha value is -2.66. The highest BCUT2D eigenvalue weighted by molar-refractivity contribution is 5.90. The largest absolute Gasteiger partial charge is 0.383 e. The molecule has 0 aliphatic heterocycles. The molecule has 3 rings (SSSR count). The van der Waals surface area contributed by atoms with Gasteiger partial charge in [-0.25, -0.2) is 4.98 Å². The summed E-state index contributed by atoms with van der Waals surface area (Å²) < 4.78 is 5.07. The molecule has 0 saturated carbocycles. The molecule has 1 atom stereocenters. The second-order valence-electron chi connectivity index (χ2n) is 5.61. The van der Waals surface area contributed by atoms with Crippen molar-refractivity contribution < 1.29 is 4.74 Å². The van der Waals surface area contributed by atoms with Gasteiger partial charge in [-0.3, -0.25) is 0 Å². The summed E-state index contributed by atoms with van der Waals surface area (Å²) in [5, 5.41) is 7.73. The number of methoxy groups -OCH3 is 1. The summed E-state index contributed by atoms with van der Waals surface area (Å²) in [4.78, 5) is 9.22. The van der Waals surface area contributed by atoms with Crippen LogP contribution in [0.4, 0.5) is 11.8 Å². The molecule has 3 aromatic rings. The number of fused-ring (bicyclic) bond motifs is 1. The van der Waals surface area contributed by atoms with Crippen LogP contribution in [0.15, 0.2) is 54.6 Å². The number of nitrogens with one attached hydrogen (secondary N) is 2. The van der Waals surface area contributed by atoms with Crippen molar-refractivity contribution in [2.24, 2.45) is 0 Å². The molecule has 5 nitrogen and oxygen atoms in total. The molecule has 0 aliphatic rings. The second kappa shape index (κ2) is 7.75. The van der Waals surface area contributed by atoms with Crippen LogP contribution >= 0.6 is 0 Å². The van der Waals surface area contributed by atoms with Crippen molar-refractivity contribution >= 4 is 22.7 Å². The van der Waals surface area contributed by atoms with E-state index in [9.17, 15) is 0 Å². The number of ether oxygens (including phenoxy) is 1. The minimum Gasteiger partial charge on any atom is -0.383 e. The van der Waals surface area contributed by atoms with Crippen molar-refractivity contribution in [1.29, 1.82) is 0 Å². The molecule has 24 heavy (non-hydrogen) atoms. The van der Waals surface area contributed by atoms with Gasteiger partial charge in [0.2, 0.25) is 5.95 Å². The molecule has 0 saturated heterocycles. The highest BCUT2D eigenvalue weighted by Gasteiger charge is 2.11. The van der Waals surface area contributed by atoms with Crippen molar-refractivity contribution in [3.05, 3.63) is 60.2 Å². The van der Waals surface area contributed by atoms with Gasteiger partial charge in [0.1, 0.15) is 5.82 Å². The van der Waals surface area contributed by atoms with Crippen LogP contribution in [0.3, 0.4) is 0 Å². The van der Waals surface area contributed by atoms with Gasteiger partial charge in [0, 0.05) is 25.1 Å². The summed E-state index contributed by atoms with van der Waals surface area (Å²) in [5.41, 5.74) is 2.13. The van der Waals surface area contributed by atoms with Gasteiger partial charge in [-0.1, -0.05) is 42.5 Å². The third kappa shape index (κ3) is 3.81. The number of hydrogen-bond acceptors (Lipinski definition) is 5. The molecular formula is C19H22N4O. The predicted molar refractivity (Wildman–Crippen MR) is 98.4 cm³/mol. The van der Waals surface area contributed by atoms with E-state index in [1.165, 1.54) is 5.56 Å². The van der Waals surface area contributed by atoms with Crippen LogP contribution in [0.5, 0.6) is 0 Å². The molecule has 0 fully saturated rings. The molecule has 0 spiro atoms. The SMILES string of the molecule is COCCNc1nc(N[C@@H](C)c2ccccc2)c2ccccc2n1. The van der Waals surface area contributed by atoms with Crippen molar-refractivity contribution in [3.63, 3.8) is 0 Å². The molecule has 1 heterocycles. The quantitative estimate of drug-likeness (QED) is 0.647. The molecule has 124 valence electrons. The van der Waals surface area contributed by atoms with E-state index in [0.29, 0.717) is 19.1 Å². The first-order valence-corrected chi connectivity index (χ1v) is 8.09. The molecule has 2 aromatic carbocycles. The predicted octanol–water partition coefficient (Wildman–Crippen LogP) is 3.86. The van der Waals surface area contributed by atoms with Gasteiger partial charge >= 0.3 is 0 Å². The molecule has 0 unspecified atom stereocenters. The maximum absolute atomic E-state index is 5.07. The molecule has 0 amide bonds. The summed E-state index contributed by atoms with van der Waals surface area (Å²) in [6.07, 6.45) is 0. The Morgan fingerprint density at radius 3 is 2.54 bits per heavy atom. The number of rotatable bonds is 7. The van der Waals surface area contributed by atoms with Gasteiger partial charge in [-0.05, 0) is 24.6 Å². The van der Waals surface area contributed by atoms with Crippen LogP contribution < -0.4 is 10.6 Å². The Kier molecular flexibility index (Phi) is 5.23. The van der Waals surface area contributed by atoms with Gasteiger partial charge in [-0.2, -0.15) is 4.98 Å². The van der Waals surface area contributed by atoms with Crippen LogP contribution in [-0.2, 0) is 4.74 Å². The first-order valence-electron chi connectivity index (χ1n) is 8.09. The third-order valence-electron chi connectivity index (χ3n) is 3.85. The van der Waals surface area contributed by atoms with E-state index in [0.717, 1.165) is 16.7 Å². The number of para-hydroxylation sites is 1. The molecule has 1 aromatic heterocycles. The Morgan fingerprint density at radius 1 is 1.00 bits per heavy atom. The molecular weight excluding hydrogens is 300 g/mol. The number of anilines is 2. The fourth-order valence-corrected chi connectivity index (χ4v) is 2.56. The first kappa shape index (κ1) is 16.2. The first-order chi connectivity index (χ1) is 11.8. The average Bonchev–Trinajstić information content (AvgIpc) is 2.63. The summed E-state index contributed by atoms with van der Waals surface area (Å²) >= 11 is 0. The van der Waals surface area contributed by atoms with Crippen molar-refractivity contribution in [2.75, 3.05) is 30.9 Å². The summed E-state index contributed by atoms with van der Waals surface area (Å²) in [6, 6.07) is 18.5. The average molecular weight is 322 g/mol.